The average molecular weight is 524 g/mol. The SMILES string of the molecule is CCOc1cc(CC(CCCCc2ccccc2)C(=O)NC2(C(=O)O)CCCCCC2)cc(OCC)c1C. The molecule has 0 aliphatic heterocycles. The second-order valence-corrected chi connectivity index (χ2v) is 10.5. The minimum atomic E-state index is -1.17. The molecule has 2 aromatic rings. The van der Waals surface area contributed by atoms with E-state index in [0.717, 1.165) is 67.6 Å². The first-order valence-electron chi connectivity index (χ1n) is 14.4. The van der Waals surface area contributed by atoms with Gasteiger partial charge in [-0.25, -0.2) is 4.79 Å². The lowest BCUT2D eigenvalue weighted by Crippen LogP contribution is -2.55. The molecule has 0 bridgehead atoms. The normalized spacial score (nSPS) is 15.8. The Labute approximate surface area is 228 Å². The fourth-order valence-electron chi connectivity index (χ4n) is 5.48. The summed E-state index contributed by atoms with van der Waals surface area (Å²) in [6, 6.07) is 14.4. The molecule has 6 heteroatoms. The van der Waals surface area contributed by atoms with Gasteiger partial charge in [-0.3, -0.25) is 4.79 Å². The fourth-order valence-corrected chi connectivity index (χ4v) is 5.48. The monoisotopic (exact) mass is 523 g/mol. The van der Waals surface area contributed by atoms with Crippen LogP contribution in [-0.2, 0) is 22.4 Å². The van der Waals surface area contributed by atoms with Crippen molar-refractivity contribution < 1.29 is 24.2 Å². The number of benzene rings is 2. The number of nitrogens with one attached hydrogen (secondary N) is 1. The van der Waals surface area contributed by atoms with Crippen LogP contribution < -0.4 is 14.8 Å². The number of hydrogen-bond acceptors (Lipinski definition) is 4. The number of ether oxygens (including phenoxy) is 2. The topological polar surface area (TPSA) is 84.9 Å². The maximum atomic E-state index is 13.8. The summed E-state index contributed by atoms with van der Waals surface area (Å²) in [5.74, 6) is 0.121. The quantitative estimate of drug-likeness (QED) is 0.214. The summed E-state index contributed by atoms with van der Waals surface area (Å²) < 4.78 is 11.8. The first-order chi connectivity index (χ1) is 18.4. The maximum absolute atomic E-state index is 13.8. The zero-order chi connectivity index (χ0) is 27.4. The molecule has 3 rings (SSSR count). The van der Waals surface area contributed by atoms with Crippen molar-refractivity contribution in [1.29, 1.82) is 0 Å². The third kappa shape index (κ3) is 8.24. The number of unbranched alkanes of at least 4 members (excludes halogenated alkanes) is 1. The highest BCUT2D eigenvalue weighted by molar-refractivity contribution is 5.88. The van der Waals surface area contributed by atoms with Gasteiger partial charge in [-0.05, 0) is 82.6 Å². The van der Waals surface area contributed by atoms with Crippen molar-refractivity contribution in [2.24, 2.45) is 5.92 Å². The minimum absolute atomic E-state index is 0.162. The zero-order valence-electron chi connectivity index (χ0n) is 23.4. The number of hydrogen-bond donors (Lipinski definition) is 2. The molecule has 38 heavy (non-hydrogen) atoms. The molecule has 6 nitrogen and oxygen atoms in total. The summed E-state index contributed by atoms with van der Waals surface area (Å²) in [5, 5.41) is 13.2. The van der Waals surface area contributed by atoms with Gasteiger partial charge in [0.15, 0.2) is 0 Å². The molecule has 0 saturated heterocycles. The Morgan fingerprint density at radius 1 is 0.921 bits per heavy atom. The highest BCUT2D eigenvalue weighted by Crippen LogP contribution is 2.33. The van der Waals surface area contributed by atoms with Crippen LogP contribution in [0.3, 0.4) is 0 Å². The van der Waals surface area contributed by atoms with E-state index in [1.807, 2.05) is 51.1 Å². The highest BCUT2D eigenvalue weighted by Gasteiger charge is 2.41. The maximum Gasteiger partial charge on any atom is 0.329 e. The Bertz CT molecular complexity index is 1000. The van der Waals surface area contributed by atoms with E-state index in [0.29, 0.717) is 38.9 Å². The molecule has 0 radical (unpaired) electrons. The van der Waals surface area contributed by atoms with Crippen molar-refractivity contribution in [2.75, 3.05) is 13.2 Å². The Morgan fingerprint density at radius 2 is 1.53 bits per heavy atom. The van der Waals surface area contributed by atoms with Gasteiger partial charge in [-0.2, -0.15) is 0 Å². The van der Waals surface area contributed by atoms with Gasteiger partial charge in [0.05, 0.1) is 13.2 Å². The number of rotatable bonds is 14. The molecule has 2 aromatic carbocycles. The van der Waals surface area contributed by atoms with Crippen molar-refractivity contribution in [3.63, 3.8) is 0 Å². The van der Waals surface area contributed by atoms with Crippen LogP contribution in [0.4, 0.5) is 0 Å². The molecule has 0 heterocycles. The van der Waals surface area contributed by atoms with Gasteiger partial charge in [-0.15, -0.1) is 0 Å². The first-order valence-corrected chi connectivity index (χ1v) is 14.4. The number of carbonyl (C=O) groups excluding carboxylic acids is 1. The third-order valence-corrected chi connectivity index (χ3v) is 7.66. The summed E-state index contributed by atoms with van der Waals surface area (Å²) in [7, 11) is 0. The fraction of sp³-hybridized carbons (Fsp3) is 0.562. The molecule has 1 aliphatic carbocycles. The lowest BCUT2D eigenvalue weighted by Gasteiger charge is -2.31. The summed E-state index contributed by atoms with van der Waals surface area (Å²) in [6.07, 6.45) is 8.66. The van der Waals surface area contributed by atoms with Crippen molar-refractivity contribution in [3.05, 3.63) is 59.2 Å². The van der Waals surface area contributed by atoms with Crippen LogP contribution in [0.15, 0.2) is 42.5 Å². The second-order valence-electron chi connectivity index (χ2n) is 10.5. The number of carboxylic acids is 1. The number of aryl methyl sites for hydroxylation is 1. The number of carbonyl (C=O) groups is 2. The molecule has 208 valence electrons. The Kier molecular flexibility index (Phi) is 11.5. The molecule has 1 atom stereocenters. The van der Waals surface area contributed by atoms with Gasteiger partial charge < -0.3 is 19.9 Å². The van der Waals surface area contributed by atoms with E-state index >= 15 is 0 Å². The molecule has 1 aliphatic rings. The Morgan fingerprint density at radius 3 is 2.08 bits per heavy atom. The van der Waals surface area contributed by atoms with Crippen LogP contribution in [-0.4, -0.2) is 35.7 Å². The Balaban J connectivity index is 1.81. The second kappa shape index (κ2) is 14.8. The largest absolute Gasteiger partial charge is 0.493 e. The smallest absolute Gasteiger partial charge is 0.329 e. The first kappa shape index (κ1) is 29.5. The van der Waals surface area contributed by atoms with Crippen LogP contribution >= 0.6 is 0 Å². The lowest BCUT2D eigenvalue weighted by atomic mass is 9.87. The number of carboxylic acid groups (broad SMARTS) is 1. The van der Waals surface area contributed by atoms with Crippen LogP contribution in [0.2, 0.25) is 0 Å². The summed E-state index contributed by atoms with van der Waals surface area (Å²) in [4.78, 5) is 26.1. The zero-order valence-corrected chi connectivity index (χ0v) is 23.4. The van der Waals surface area contributed by atoms with Crippen LogP contribution in [0.1, 0.15) is 88.3 Å². The summed E-state index contributed by atoms with van der Waals surface area (Å²) in [5.41, 5.74) is 2.04. The van der Waals surface area contributed by atoms with Crippen molar-refractivity contribution in [1.82, 2.24) is 5.32 Å². The molecule has 0 spiro atoms. The van der Waals surface area contributed by atoms with Crippen molar-refractivity contribution in [3.8, 4) is 11.5 Å². The van der Waals surface area contributed by atoms with E-state index in [2.05, 4.69) is 17.4 Å². The van der Waals surface area contributed by atoms with E-state index in [1.165, 1.54) is 5.56 Å². The van der Waals surface area contributed by atoms with Crippen LogP contribution in [0, 0.1) is 12.8 Å². The number of amides is 1. The van der Waals surface area contributed by atoms with E-state index in [9.17, 15) is 14.7 Å². The van der Waals surface area contributed by atoms with E-state index < -0.39 is 11.5 Å². The van der Waals surface area contributed by atoms with Gasteiger partial charge in [0, 0.05) is 11.5 Å². The van der Waals surface area contributed by atoms with Gasteiger partial charge in [-0.1, -0.05) is 62.4 Å². The predicted octanol–water partition coefficient (Wildman–Crippen LogP) is 6.66. The molecule has 1 fully saturated rings. The average Bonchev–Trinajstić information content (AvgIpc) is 3.16. The molecular weight excluding hydrogens is 478 g/mol. The third-order valence-electron chi connectivity index (χ3n) is 7.66. The minimum Gasteiger partial charge on any atom is -0.493 e. The van der Waals surface area contributed by atoms with Crippen LogP contribution in [0.5, 0.6) is 11.5 Å². The molecule has 1 unspecified atom stereocenters. The molecular formula is C32H45NO5. The van der Waals surface area contributed by atoms with Gasteiger partial charge in [0.25, 0.3) is 0 Å². The van der Waals surface area contributed by atoms with Gasteiger partial charge >= 0.3 is 5.97 Å². The van der Waals surface area contributed by atoms with Gasteiger partial charge in [0.2, 0.25) is 5.91 Å². The molecule has 1 amide bonds. The molecule has 0 aromatic heterocycles. The lowest BCUT2D eigenvalue weighted by molar-refractivity contribution is -0.149. The predicted molar refractivity (Wildman–Crippen MR) is 151 cm³/mol. The van der Waals surface area contributed by atoms with Crippen molar-refractivity contribution >= 4 is 11.9 Å². The van der Waals surface area contributed by atoms with Crippen molar-refractivity contribution in [2.45, 2.75) is 96.9 Å². The summed E-state index contributed by atoms with van der Waals surface area (Å²) in [6.45, 7) is 6.97. The number of aliphatic carboxylic acids is 1. The molecule has 1 saturated carbocycles. The highest BCUT2D eigenvalue weighted by atomic mass is 16.5. The summed E-state index contributed by atoms with van der Waals surface area (Å²) >= 11 is 0. The van der Waals surface area contributed by atoms with Gasteiger partial charge in [0.1, 0.15) is 17.0 Å². The standard InChI is InChI=1S/C32H45NO5/c1-4-37-28-22-26(23-29(24(28)3)38-5-2)21-27(18-12-11-17-25-15-9-8-10-16-25)30(34)33-32(31(35)36)19-13-6-7-14-20-32/h8-10,15-16,22-23,27H,4-7,11-14,17-21H2,1-3H3,(H,33,34)(H,35,36). The van der Waals surface area contributed by atoms with E-state index in [-0.39, 0.29) is 11.8 Å². The Hall–Kier alpha value is -3.02. The molecule has 2 N–H and O–H groups in total. The van der Waals surface area contributed by atoms with Crippen LogP contribution in [0.25, 0.3) is 0 Å². The van der Waals surface area contributed by atoms with E-state index in [1.54, 1.807) is 0 Å². The van der Waals surface area contributed by atoms with E-state index in [4.69, 9.17) is 9.47 Å².